The number of thiocarbonyl (C=S) groups is 1. The lowest BCUT2D eigenvalue weighted by atomic mass is 10.1. The average molecular weight is 445 g/mol. The van der Waals surface area contributed by atoms with E-state index in [1.165, 1.54) is 0 Å². The summed E-state index contributed by atoms with van der Waals surface area (Å²) in [6.07, 6.45) is 3.25. The molecule has 0 spiro atoms. The highest BCUT2D eigenvalue weighted by Crippen LogP contribution is 2.34. The minimum Gasteiger partial charge on any atom is -0.462 e. The van der Waals surface area contributed by atoms with Crippen LogP contribution in [0, 0.1) is 6.92 Å². The van der Waals surface area contributed by atoms with Crippen LogP contribution in [0.3, 0.4) is 0 Å². The maximum atomic E-state index is 12.4. The van der Waals surface area contributed by atoms with Crippen LogP contribution in [0.1, 0.15) is 39.4 Å². The van der Waals surface area contributed by atoms with Crippen LogP contribution in [0.5, 0.6) is 0 Å². The first-order chi connectivity index (χ1) is 13.4. The number of nitrogens with zero attached hydrogens (tertiary/aromatic N) is 2. The Labute approximate surface area is 177 Å². The molecule has 8 nitrogen and oxygen atoms in total. The maximum Gasteiger partial charge on any atom is 0.348 e. The average Bonchev–Trinajstić information content (AvgIpc) is 3.18. The Morgan fingerprint density at radius 3 is 2.57 bits per heavy atom. The second-order valence-corrected chi connectivity index (χ2v) is 7.37. The second-order valence-electron chi connectivity index (χ2n) is 5.50. The highest BCUT2D eigenvalue weighted by molar-refractivity contribution is 7.80. The van der Waals surface area contributed by atoms with Gasteiger partial charge in [-0.3, -0.25) is 4.68 Å². The fourth-order valence-electron chi connectivity index (χ4n) is 2.33. The molecule has 0 fully saturated rings. The minimum absolute atomic E-state index is 0.220. The van der Waals surface area contributed by atoms with Gasteiger partial charge in [-0.15, -0.1) is 11.3 Å². The molecular formula is C17H21ClN4O4S2. The van der Waals surface area contributed by atoms with Crippen molar-refractivity contribution < 1.29 is 19.1 Å². The summed E-state index contributed by atoms with van der Waals surface area (Å²) in [7, 11) is 0. The van der Waals surface area contributed by atoms with Crippen LogP contribution in [-0.4, -0.2) is 46.6 Å². The fourth-order valence-corrected chi connectivity index (χ4v) is 3.85. The van der Waals surface area contributed by atoms with E-state index >= 15 is 0 Å². The van der Waals surface area contributed by atoms with Crippen molar-refractivity contribution in [3.05, 3.63) is 33.4 Å². The molecule has 0 saturated carbocycles. The normalized spacial score (nSPS) is 10.4. The van der Waals surface area contributed by atoms with Crippen LogP contribution in [0.4, 0.5) is 5.00 Å². The van der Waals surface area contributed by atoms with Crippen LogP contribution >= 0.6 is 35.2 Å². The molecule has 11 heteroatoms. The molecule has 0 saturated heterocycles. The molecule has 2 aromatic heterocycles. The lowest BCUT2D eigenvalue weighted by molar-refractivity contribution is 0.0527. The molecule has 0 atom stereocenters. The summed E-state index contributed by atoms with van der Waals surface area (Å²) in [5.41, 5.74) is 0.774. The highest BCUT2D eigenvalue weighted by Gasteiger charge is 2.26. The zero-order chi connectivity index (χ0) is 20.7. The summed E-state index contributed by atoms with van der Waals surface area (Å²) in [4.78, 5) is 24.9. The van der Waals surface area contributed by atoms with Crippen molar-refractivity contribution in [1.82, 2.24) is 15.1 Å². The quantitative estimate of drug-likeness (QED) is 0.473. The summed E-state index contributed by atoms with van der Waals surface area (Å²) in [6, 6.07) is 0. The SMILES string of the molecule is CCOC(=O)c1sc(NC(=S)NCCn2cc(Cl)cn2)c(C(=O)OCC)c1C. The van der Waals surface area contributed by atoms with Gasteiger partial charge in [0, 0.05) is 12.7 Å². The number of ether oxygens (including phenoxy) is 2. The van der Waals surface area contributed by atoms with E-state index in [4.69, 9.17) is 33.3 Å². The van der Waals surface area contributed by atoms with Gasteiger partial charge in [0.25, 0.3) is 0 Å². The van der Waals surface area contributed by atoms with E-state index in [0.717, 1.165) is 11.3 Å². The monoisotopic (exact) mass is 444 g/mol. The Balaban J connectivity index is 2.10. The number of hydrogen-bond donors (Lipinski definition) is 2. The van der Waals surface area contributed by atoms with E-state index < -0.39 is 11.9 Å². The van der Waals surface area contributed by atoms with Crippen molar-refractivity contribution in [2.24, 2.45) is 0 Å². The third-order valence-electron chi connectivity index (χ3n) is 3.54. The van der Waals surface area contributed by atoms with Gasteiger partial charge in [0.15, 0.2) is 5.11 Å². The van der Waals surface area contributed by atoms with E-state index in [0.29, 0.717) is 38.7 Å². The fraction of sp³-hybridized carbons (Fsp3) is 0.412. The van der Waals surface area contributed by atoms with E-state index in [-0.39, 0.29) is 18.8 Å². The first-order valence-corrected chi connectivity index (χ1v) is 10.2. The standard InChI is InChI=1S/C17H21ClN4O4S2/c1-4-25-15(23)12-10(3)13(16(24)26-5-2)28-14(12)21-17(27)19-6-7-22-9-11(18)8-20-22/h8-9H,4-7H2,1-3H3,(H2,19,21,27). The third-order valence-corrected chi connectivity index (χ3v) is 5.17. The molecular weight excluding hydrogens is 424 g/mol. The van der Waals surface area contributed by atoms with Crippen LogP contribution in [-0.2, 0) is 16.0 Å². The van der Waals surface area contributed by atoms with Crippen LogP contribution < -0.4 is 10.6 Å². The largest absolute Gasteiger partial charge is 0.462 e. The van der Waals surface area contributed by atoms with Crippen molar-refractivity contribution in [1.29, 1.82) is 0 Å². The summed E-state index contributed by atoms with van der Waals surface area (Å²) in [5, 5.41) is 11.4. The number of esters is 2. The number of halogens is 1. The van der Waals surface area contributed by atoms with Gasteiger partial charge in [0.1, 0.15) is 9.88 Å². The van der Waals surface area contributed by atoms with Crippen LogP contribution in [0.15, 0.2) is 12.4 Å². The van der Waals surface area contributed by atoms with Crippen molar-refractivity contribution in [3.63, 3.8) is 0 Å². The maximum absolute atomic E-state index is 12.4. The minimum atomic E-state index is -0.525. The van der Waals surface area contributed by atoms with Gasteiger partial charge in [0.2, 0.25) is 0 Å². The molecule has 0 amide bonds. The van der Waals surface area contributed by atoms with Gasteiger partial charge in [-0.05, 0) is 38.6 Å². The molecule has 152 valence electrons. The van der Waals surface area contributed by atoms with Crippen molar-refractivity contribution in [2.45, 2.75) is 27.3 Å². The van der Waals surface area contributed by atoms with E-state index in [2.05, 4.69) is 15.7 Å². The predicted molar refractivity (Wildman–Crippen MR) is 112 cm³/mol. The summed E-state index contributed by atoms with van der Waals surface area (Å²) < 4.78 is 11.9. The van der Waals surface area contributed by atoms with Crippen LogP contribution in [0.25, 0.3) is 0 Å². The highest BCUT2D eigenvalue weighted by atomic mass is 35.5. The van der Waals surface area contributed by atoms with Crippen LogP contribution in [0.2, 0.25) is 5.02 Å². The summed E-state index contributed by atoms with van der Waals surface area (Å²) >= 11 is 12.2. The molecule has 0 radical (unpaired) electrons. The molecule has 0 aliphatic carbocycles. The number of rotatable bonds is 8. The van der Waals surface area contributed by atoms with E-state index in [1.54, 1.807) is 37.8 Å². The molecule has 2 aromatic rings. The van der Waals surface area contributed by atoms with Gasteiger partial charge >= 0.3 is 11.9 Å². The van der Waals surface area contributed by atoms with E-state index in [1.807, 2.05) is 0 Å². The Hall–Kier alpha value is -2.17. The summed E-state index contributed by atoms with van der Waals surface area (Å²) in [5.74, 6) is -1.01. The van der Waals surface area contributed by atoms with Gasteiger partial charge in [-0.1, -0.05) is 11.6 Å². The predicted octanol–water partition coefficient (Wildman–Crippen LogP) is 3.25. The molecule has 2 N–H and O–H groups in total. The number of nitrogens with one attached hydrogen (secondary N) is 2. The molecule has 0 aliphatic heterocycles. The van der Waals surface area contributed by atoms with Gasteiger partial charge in [-0.25, -0.2) is 9.59 Å². The first-order valence-electron chi connectivity index (χ1n) is 8.57. The zero-order valence-corrected chi connectivity index (χ0v) is 18.1. The molecule has 2 heterocycles. The Morgan fingerprint density at radius 1 is 1.29 bits per heavy atom. The second kappa shape index (κ2) is 10.4. The number of hydrogen-bond acceptors (Lipinski definition) is 7. The molecule has 2 rings (SSSR count). The number of carbonyl (C=O) groups excluding carboxylic acids is 2. The number of thiophene rings is 1. The molecule has 28 heavy (non-hydrogen) atoms. The smallest absolute Gasteiger partial charge is 0.348 e. The topological polar surface area (TPSA) is 94.5 Å². The summed E-state index contributed by atoms with van der Waals surface area (Å²) in [6.45, 7) is 6.62. The van der Waals surface area contributed by atoms with Crippen molar-refractivity contribution >= 4 is 57.2 Å². The zero-order valence-electron chi connectivity index (χ0n) is 15.7. The van der Waals surface area contributed by atoms with Gasteiger partial charge < -0.3 is 20.1 Å². The van der Waals surface area contributed by atoms with Gasteiger partial charge in [0.05, 0.1) is 36.5 Å². The molecule has 0 aliphatic rings. The van der Waals surface area contributed by atoms with Crippen molar-refractivity contribution in [2.75, 3.05) is 25.1 Å². The lowest BCUT2D eigenvalue weighted by Gasteiger charge is -2.11. The Morgan fingerprint density at radius 2 is 1.96 bits per heavy atom. The molecule has 0 bridgehead atoms. The first kappa shape index (κ1) is 22.1. The number of anilines is 1. The number of carbonyl (C=O) groups is 2. The lowest BCUT2D eigenvalue weighted by Crippen LogP contribution is -2.31. The molecule has 0 aromatic carbocycles. The molecule has 0 unspecified atom stereocenters. The third kappa shape index (κ3) is 5.66. The Kier molecular flexibility index (Phi) is 8.21. The van der Waals surface area contributed by atoms with E-state index in [9.17, 15) is 9.59 Å². The van der Waals surface area contributed by atoms with Crippen molar-refractivity contribution in [3.8, 4) is 0 Å². The van der Waals surface area contributed by atoms with Gasteiger partial charge in [-0.2, -0.15) is 5.10 Å². The Bertz CT molecular complexity index is 865. The number of aromatic nitrogens is 2.